The van der Waals surface area contributed by atoms with Crippen molar-refractivity contribution in [3.8, 4) is 0 Å². The minimum Gasteiger partial charge on any atom is -0.462 e. The topological polar surface area (TPSA) is 321 Å². The van der Waals surface area contributed by atoms with Gasteiger partial charge in [0.2, 0.25) is 5.60 Å². The zero-order valence-corrected chi connectivity index (χ0v) is 70.5. The first kappa shape index (κ1) is 99.3. The first-order chi connectivity index (χ1) is 51.1. The lowest BCUT2D eigenvalue weighted by Gasteiger charge is -2.70. The summed E-state index contributed by atoms with van der Waals surface area (Å²) in [6.07, 6.45) is -3.48. The van der Waals surface area contributed by atoms with Gasteiger partial charge in [0, 0.05) is 17.3 Å². The van der Waals surface area contributed by atoms with Crippen molar-refractivity contribution < 1.29 is 155 Å². The molecule has 660 valence electrons. The molecular weight excluding hydrogens is 1530 g/mol. The fourth-order valence-corrected chi connectivity index (χ4v) is 17.0. The maximum absolute atomic E-state index is 14.0. The molecule has 2 saturated heterocycles. The van der Waals surface area contributed by atoms with Crippen LogP contribution in [0.5, 0.6) is 0 Å². The maximum atomic E-state index is 14.0. The van der Waals surface area contributed by atoms with E-state index in [1.807, 2.05) is 96.9 Å². The number of hydrogen-bond donors (Lipinski definition) is 5. The summed E-state index contributed by atoms with van der Waals surface area (Å²) in [6, 6.07) is 0. The van der Waals surface area contributed by atoms with Crippen LogP contribution in [0.25, 0.3) is 0 Å². The van der Waals surface area contributed by atoms with Crippen molar-refractivity contribution in [3.63, 3.8) is 0 Å². The Bertz CT molecular complexity index is 3370. The molecule has 5 N–H and O–H groups in total. The predicted molar refractivity (Wildman–Crippen MR) is 388 cm³/mol. The van der Waals surface area contributed by atoms with Crippen LogP contribution >= 0.6 is 0 Å². The van der Waals surface area contributed by atoms with E-state index in [1.165, 1.54) is 34.1 Å². The van der Waals surface area contributed by atoms with E-state index in [-0.39, 0.29) is 83.9 Å². The minimum atomic E-state index is -6.42. The van der Waals surface area contributed by atoms with Gasteiger partial charge in [-0.15, -0.1) is 0 Å². The minimum absolute atomic E-state index is 0.0828. The van der Waals surface area contributed by atoms with Gasteiger partial charge in [-0.2, -0.15) is 48.3 Å². The quantitative estimate of drug-likeness (QED) is 0.0382. The molecule has 7 atom stereocenters. The van der Waals surface area contributed by atoms with Gasteiger partial charge in [-0.3, -0.25) is 28.8 Å². The van der Waals surface area contributed by atoms with Gasteiger partial charge in [0.15, 0.2) is 6.61 Å². The highest BCUT2D eigenvalue weighted by Crippen LogP contribution is 2.73. The van der Waals surface area contributed by atoms with Crippen LogP contribution in [0.4, 0.5) is 48.3 Å². The third-order valence-electron chi connectivity index (χ3n) is 26.6. The van der Waals surface area contributed by atoms with E-state index in [1.54, 1.807) is 20.8 Å². The van der Waals surface area contributed by atoms with Crippen LogP contribution < -0.4 is 0 Å². The SMILES string of the molecule is CCC(C)(C)C(=O)OC1(C)COC(O)(C(F)(F)F)C1(F)F.CCC(C)(C)C(=O)OC12CC3CC(C(C)(C)O)(C1)CC(C(C)(C)O)(C3)C2.CCC(C)(C)C(=O)OC12CC3CC(CC(O)(C3)C1)C2.CCC(C)(C)C(=O)OC1CCC(C(C)(C)OC(=O)COC(=O)C(O)(C(F)(F)F)C(F)(F)F)CC1.CCC(C)(C)C(=O)OC1COC(=O)C1. The van der Waals surface area contributed by atoms with E-state index in [9.17, 15) is 107 Å². The average molecular weight is 1660 g/mol. The number of cyclic esters (lactones) is 1. The molecule has 2 heterocycles. The Labute approximate surface area is 662 Å². The predicted octanol–water partition coefficient (Wildman–Crippen LogP) is 15.4. The molecule has 0 spiro atoms. The number of carbonyl (C=O) groups is 8. The van der Waals surface area contributed by atoms with Gasteiger partial charge in [0.1, 0.15) is 35.6 Å². The highest BCUT2D eigenvalue weighted by Gasteiger charge is 2.83. The number of esters is 8. The van der Waals surface area contributed by atoms with Gasteiger partial charge in [0.25, 0.3) is 0 Å². The van der Waals surface area contributed by atoms with E-state index in [0.29, 0.717) is 82.5 Å². The van der Waals surface area contributed by atoms with Crippen molar-refractivity contribution >= 4 is 47.8 Å². The Kier molecular flexibility index (Phi) is 29.4. The number of carbonyl (C=O) groups excluding carboxylic acids is 8. The number of hydrogen-bond acceptors (Lipinski definition) is 22. The molecule has 7 unspecified atom stereocenters. The molecule has 0 amide bonds. The van der Waals surface area contributed by atoms with Crippen molar-refractivity contribution in [2.24, 2.45) is 61.6 Å². The number of rotatable bonds is 22. The fourth-order valence-electron chi connectivity index (χ4n) is 17.0. The van der Waals surface area contributed by atoms with Crippen molar-refractivity contribution in [2.45, 2.75) is 381 Å². The summed E-state index contributed by atoms with van der Waals surface area (Å²) in [6.45, 7) is 35.7. The fraction of sp³-hybridized carbons (Fsp3) is 0.901. The molecule has 11 aliphatic rings. The Morgan fingerprint density at radius 3 is 1.23 bits per heavy atom. The van der Waals surface area contributed by atoms with Crippen LogP contribution in [0.15, 0.2) is 0 Å². The molecule has 0 aromatic rings. The van der Waals surface area contributed by atoms with Crippen LogP contribution in [0, 0.1) is 61.6 Å². The van der Waals surface area contributed by atoms with Crippen LogP contribution in [0.2, 0.25) is 0 Å². The van der Waals surface area contributed by atoms with Gasteiger partial charge >= 0.3 is 83.6 Å². The average Bonchev–Trinajstić information content (AvgIpc) is 0.891. The molecule has 9 aliphatic carbocycles. The number of halogens is 11. The molecule has 9 saturated carbocycles. The second-order valence-corrected chi connectivity index (χ2v) is 39.0. The highest BCUT2D eigenvalue weighted by molar-refractivity contribution is 5.84. The van der Waals surface area contributed by atoms with E-state index in [0.717, 1.165) is 64.2 Å². The molecular formula is C81H127F11O22. The van der Waals surface area contributed by atoms with Gasteiger partial charge in [-0.05, 0) is 270 Å². The van der Waals surface area contributed by atoms with Gasteiger partial charge in [0.05, 0.1) is 56.9 Å². The standard InChI is InChI=1S/C22H38O4.C21H30F6O7.C16H26O3.C12H17F5O4.C10H16O4/c1-8-17(2,3)16(23)26-22-11-15-9-20(13-22,18(4,5)24)12-21(10-15,14-22)19(6,7)25;1-6-17(2,3)15(29)33-13-9-7-12(8-10-13)18(4,5)34-14(28)11-32-16(30)19(31,20(22,23)24)21(25,26)27;1-4-14(2,3)13(17)19-16-8-11-5-12(9-16)7-15(18,6-11)10-16;1-5-8(2,3)7(18)21-9(4)6-20-11(19,10(9,13)14)12(15,16)17;1-4-10(2,3)9(12)14-7-5-8(11)13-6-7/h15,24-25H,8-14H2,1-7H3;12-13,31H,6-11H2,1-5H3;11-12,18H,4-10H2,1-3H3;19H,5-6H2,1-4H3;7H,4-6H2,1-3H3. The van der Waals surface area contributed by atoms with Crippen LogP contribution in [-0.4, -0.2) is 180 Å². The highest BCUT2D eigenvalue weighted by atomic mass is 19.4. The summed E-state index contributed by atoms with van der Waals surface area (Å²) < 4.78 is 187. The van der Waals surface area contributed by atoms with E-state index >= 15 is 0 Å². The summed E-state index contributed by atoms with van der Waals surface area (Å²) in [5.74, 6) is -15.0. The van der Waals surface area contributed by atoms with Gasteiger partial charge < -0.3 is 68.2 Å². The maximum Gasteiger partial charge on any atom is 0.449 e. The number of aliphatic hydroxyl groups is 5. The second-order valence-electron chi connectivity index (χ2n) is 39.0. The summed E-state index contributed by atoms with van der Waals surface area (Å²) in [7, 11) is 0. The van der Waals surface area contributed by atoms with Crippen LogP contribution in [-0.2, 0) is 81.0 Å². The monoisotopic (exact) mass is 1660 g/mol. The number of ether oxygens (including phenoxy) is 9. The number of alkyl halides is 11. The van der Waals surface area contributed by atoms with Crippen molar-refractivity contribution in [1.82, 2.24) is 0 Å². The lowest BCUT2D eigenvalue weighted by molar-refractivity contribution is -0.409. The van der Waals surface area contributed by atoms with E-state index in [2.05, 4.69) is 14.2 Å². The first-order valence-electron chi connectivity index (χ1n) is 39.7. The van der Waals surface area contributed by atoms with Crippen molar-refractivity contribution in [3.05, 3.63) is 0 Å². The third-order valence-corrected chi connectivity index (χ3v) is 26.6. The van der Waals surface area contributed by atoms with Crippen LogP contribution in [0.1, 0.15) is 294 Å². The summed E-state index contributed by atoms with van der Waals surface area (Å²) in [5, 5.41) is 51.0. The summed E-state index contributed by atoms with van der Waals surface area (Å²) in [5.41, 5.74) is -16.9. The van der Waals surface area contributed by atoms with E-state index in [4.69, 9.17) is 33.5 Å². The first-order valence-corrected chi connectivity index (χ1v) is 39.7. The zero-order valence-electron chi connectivity index (χ0n) is 70.5. The Morgan fingerprint density at radius 2 is 0.868 bits per heavy atom. The Balaban J connectivity index is 0.000000262. The van der Waals surface area contributed by atoms with Crippen molar-refractivity contribution in [2.75, 3.05) is 19.8 Å². The van der Waals surface area contributed by atoms with Gasteiger partial charge in [-0.25, -0.2) is 9.59 Å². The molecule has 11 rings (SSSR count). The Morgan fingerprint density at radius 1 is 0.482 bits per heavy atom. The largest absolute Gasteiger partial charge is 0.462 e. The zero-order chi connectivity index (χ0) is 88.1. The lowest BCUT2D eigenvalue weighted by Crippen LogP contribution is -2.70. The molecule has 0 aromatic carbocycles. The molecule has 2 aliphatic heterocycles. The van der Waals surface area contributed by atoms with Crippen molar-refractivity contribution in [1.29, 1.82) is 0 Å². The van der Waals surface area contributed by atoms with Crippen LogP contribution in [0.3, 0.4) is 0 Å². The molecule has 22 nitrogen and oxygen atoms in total. The summed E-state index contributed by atoms with van der Waals surface area (Å²) in [4.78, 5) is 95.0. The molecule has 0 aromatic heterocycles. The smallest absolute Gasteiger partial charge is 0.449 e. The molecule has 33 heteroatoms. The second kappa shape index (κ2) is 33.7. The third kappa shape index (κ3) is 21.3. The lowest BCUT2D eigenvalue weighted by atomic mass is 9.37. The van der Waals surface area contributed by atoms with Gasteiger partial charge in [-0.1, -0.05) is 34.6 Å². The molecule has 114 heavy (non-hydrogen) atoms. The molecule has 0 radical (unpaired) electrons. The van der Waals surface area contributed by atoms with E-state index < -0.39 is 128 Å². The Hall–Kier alpha value is -5.25. The molecule has 8 bridgehead atoms. The molecule has 11 fully saturated rings. The summed E-state index contributed by atoms with van der Waals surface area (Å²) >= 11 is 0. The normalized spacial score (nSPS) is 31.4.